The minimum absolute atomic E-state index is 0.272. The second-order valence-corrected chi connectivity index (χ2v) is 4.33. The summed E-state index contributed by atoms with van der Waals surface area (Å²) in [5.41, 5.74) is 1.59. The molecule has 2 rings (SSSR count). The predicted molar refractivity (Wildman–Crippen MR) is 81.8 cm³/mol. The van der Waals surface area contributed by atoms with Crippen molar-refractivity contribution in [2.75, 3.05) is 19.5 Å². The van der Waals surface area contributed by atoms with Crippen LogP contribution in [0.4, 0.5) is 10.5 Å². The van der Waals surface area contributed by atoms with E-state index in [9.17, 15) is 4.79 Å². The number of benzene rings is 2. The van der Waals surface area contributed by atoms with Crippen molar-refractivity contribution >= 4 is 11.7 Å². The van der Waals surface area contributed by atoms with Crippen LogP contribution in [-0.2, 0) is 6.54 Å². The van der Waals surface area contributed by atoms with Crippen LogP contribution in [0.3, 0.4) is 0 Å². The smallest absolute Gasteiger partial charge is 0.319 e. The van der Waals surface area contributed by atoms with Gasteiger partial charge < -0.3 is 20.1 Å². The van der Waals surface area contributed by atoms with E-state index < -0.39 is 0 Å². The molecule has 2 aromatic carbocycles. The highest BCUT2D eigenvalue weighted by atomic mass is 16.5. The molecule has 5 nitrogen and oxygen atoms in total. The molecule has 0 saturated carbocycles. The zero-order chi connectivity index (χ0) is 15.1. The molecule has 0 unspecified atom stereocenters. The van der Waals surface area contributed by atoms with E-state index in [-0.39, 0.29) is 6.03 Å². The number of urea groups is 1. The molecule has 2 N–H and O–H groups in total. The number of ether oxygens (including phenoxy) is 2. The molecule has 5 heteroatoms. The number of anilines is 1. The second kappa shape index (κ2) is 7.19. The Hall–Kier alpha value is -2.69. The third-order valence-corrected chi connectivity index (χ3v) is 2.96. The van der Waals surface area contributed by atoms with Gasteiger partial charge in [0.1, 0.15) is 0 Å². The number of hydrogen-bond donors (Lipinski definition) is 2. The fourth-order valence-corrected chi connectivity index (χ4v) is 1.97. The first kappa shape index (κ1) is 14.7. The molecule has 0 aliphatic carbocycles. The van der Waals surface area contributed by atoms with Gasteiger partial charge in [0.2, 0.25) is 0 Å². The van der Waals surface area contributed by atoms with Crippen LogP contribution in [-0.4, -0.2) is 20.3 Å². The monoisotopic (exact) mass is 286 g/mol. The molecular weight excluding hydrogens is 268 g/mol. The van der Waals surface area contributed by atoms with Crippen LogP contribution in [0.15, 0.2) is 48.5 Å². The summed E-state index contributed by atoms with van der Waals surface area (Å²) in [5.74, 6) is 1.26. The van der Waals surface area contributed by atoms with Crippen molar-refractivity contribution in [1.82, 2.24) is 5.32 Å². The van der Waals surface area contributed by atoms with Gasteiger partial charge in [0.15, 0.2) is 11.5 Å². The third kappa shape index (κ3) is 3.89. The first-order valence-corrected chi connectivity index (χ1v) is 6.54. The molecule has 2 aromatic rings. The first-order valence-electron chi connectivity index (χ1n) is 6.54. The quantitative estimate of drug-likeness (QED) is 0.888. The summed E-state index contributed by atoms with van der Waals surface area (Å²) in [5, 5.41) is 5.54. The van der Waals surface area contributed by atoms with E-state index in [1.54, 1.807) is 14.2 Å². The maximum atomic E-state index is 11.8. The molecule has 0 heterocycles. The summed E-state index contributed by atoms with van der Waals surface area (Å²) >= 11 is 0. The van der Waals surface area contributed by atoms with Crippen molar-refractivity contribution in [3.05, 3.63) is 54.1 Å². The molecule has 110 valence electrons. The molecule has 0 bridgehead atoms. The van der Waals surface area contributed by atoms with Crippen molar-refractivity contribution in [2.45, 2.75) is 6.54 Å². The Morgan fingerprint density at radius 1 is 1.00 bits per heavy atom. The van der Waals surface area contributed by atoms with Crippen molar-refractivity contribution in [2.24, 2.45) is 0 Å². The number of para-hydroxylation sites is 2. The molecule has 0 fully saturated rings. The molecule has 0 saturated heterocycles. The van der Waals surface area contributed by atoms with E-state index in [2.05, 4.69) is 10.6 Å². The van der Waals surface area contributed by atoms with E-state index in [4.69, 9.17) is 9.47 Å². The highest BCUT2D eigenvalue weighted by molar-refractivity contribution is 5.89. The van der Waals surface area contributed by atoms with Gasteiger partial charge >= 0.3 is 6.03 Å². The topological polar surface area (TPSA) is 59.6 Å². The van der Waals surface area contributed by atoms with Gasteiger partial charge in [-0.3, -0.25) is 0 Å². The average Bonchev–Trinajstić information content (AvgIpc) is 2.53. The molecular formula is C16H18N2O3. The zero-order valence-corrected chi connectivity index (χ0v) is 12.1. The lowest BCUT2D eigenvalue weighted by atomic mass is 10.2. The van der Waals surface area contributed by atoms with Crippen LogP contribution in [0.1, 0.15) is 5.56 Å². The van der Waals surface area contributed by atoms with E-state index in [0.717, 1.165) is 11.3 Å². The minimum Gasteiger partial charge on any atom is -0.493 e. The van der Waals surface area contributed by atoms with Gasteiger partial charge in [-0.2, -0.15) is 0 Å². The van der Waals surface area contributed by atoms with Gasteiger partial charge in [0.25, 0.3) is 0 Å². The molecule has 21 heavy (non-hydrogen) atoms. The van der Waals surface area contributed by atoms with Gasteiger partial charge in [-0.05, 0) is 18.2 Å². The maximum Gasteiger partial charge on any atom is 0.319 e. The number of hydrogen-bond acceptors (Lipinski definition) is 3. The summed E-state index contributed by atoms with van der Waals surface area (Å²) in [6.45, 7) is 0.346. The van der Waals surface area contributed by atoms with Gasteiger partial charge in [-0.25, -0.2) is 4.79 Å². The average molecular weight is 286 g/mol. The maximum absolute atomic E-state index is 11.8. The number of carbonyl (C=O) groups excluding carboxylic acids is 1. The first-order chi connectivity index (χ1) is 10.2. The summed E-state index contributed by atoms with van der Waals surface area (Å²) < 4.78 is 10.5. The van der Waals surface area contributed by atoms with E-state index in [1.807, 2.05) is 48.5 Å². The van der Waals surface area contributed by atoms with Crippen LogP contribution in [0.25, 0.3) is 0 Å². The van der Waals surface area contributed by atoms with E-state index in [0.29, 0.717) is 18.0 Å². The summed E-state index contributed by atoms with van der Waals surface area (Å²) in [6, 6.07) is 14.5. The van der Waals surface area contributed by atoms with Gasteiger partial charge in [-0.15, -0.1) is 0 Å². The molecule has 2 amide bonds. The third-order valence-electron chi connectivity index (χ3n) is 2.96. The molecule has 0 aliphatic heterocycles. The number of rotatable bonds is 5. The standard InChI is InChI=1S/C16H18N2O3/c1-20-14-10-6-7-12(15(14)21-2)11-17-16(19)18-13-8-4-3-5-9-13/h3-10H,11H2,1-2H3,(H2,17,18,19). The lowest BCUT2D eigenvalue weighted by Gasteiger charge is -2.13. The Balaban J connectivity index is 1.98. The van der Waals surface area contributed by atoms with Crippen LogP contribution < -0.4 is 20.1 Å². The highest BCUT2D eigenvalue weighted by Gasteiger charge is 2.10. The lowest BCUT2D eigenvalue weighted by molar-refractivity contribution is 0.251. The normalized spacial score (nSPS) is 9.81. The number of methoxy groups -OCH3 is 2. The second-order valence-electron chi connectivity index (χ2n) is 4.33. The lowest BCUT2D eigenvalue weighted by Crippen LogP contribution is -2.28. The van der Waals surface area contributed by atoms with Crippen LogP contribution in [0.5, 0.6) is 11.5 Å². The largest absolute Gasteiger partial charge is 0.493 e. The molecule has 0 spiro atoms. The Bertz CT molecular complexity index is 600. The van der Waals surface area contributed by atoms with Crippen molar-refractivity contribution in [3.63, 3.8) is 0 Å². The van der Waals surface area contributed by atoms with Crippen LogP contribution >= 0.6 is 0 Å². The Morgan fingerprint density at radius 2 is 1.76 bits per heavy atom. The minimum atomic E-state index is -0.272. The van der Waals surface area contributed by atoms with E-state index >= 15 is 0 Å². The van der Waals surface area contributed by atoms with Gasteiger partial charge in [-0.1, -0.05) is 30.3 Å². The number of carbonyl (C=O) groups is 1. The Kier molecular flexibility index (Phi) is 5.04. The Labute approximate surface area is 123 Å². The van der Waals surface area contributed by atoms with Gasteiger partial charge in [0.05, 0.1) is 14.2 Å². The van der Waals surface area contributed by atoms with Crippen molar-refractivity contribution in [3.8, 4) is 11.5 Å². The summed E-state index contributed by atoms with van der Waals surface area (Å²) in [6.07, 6.45) is 0. The molecule has 0 radical (unpaired) electrons. The molecule has 0 aromatic heterocycles. The van der Waals surface area contributed by atoms with Crippen LogP contribution in [0, 0.1) is 0 Å². The number of amides is 2. The molecule has 0 atom stereocenters. The summed E-state index contributed by atoms with van der Waals surface area (Å²) in [7, 11) is 3.16. The number of nitrogens with one attached hydrogen (secondary N) is 2. The fourth-order valence-electron chi connectivity index (χ4n) is 1.97. The van der Waals surface area contributed by atoms with E-state index in [1.165, 1.54) is 0 Å². The SMILES string of the molecule is COc1cccc(CNC(=O)Nc2ccccc2)c1OC. The van der Waals surface area contributed by atoms with Gasteiger partial charge in [0, 0.05) is 17.8 Å². The fraction of sp³-hybridized carbons (Fsp3) is 0.188. The highest BCUT2D eigenvalue weighted by Crippen LogP contribution is 2.30. The zero-order valence-electron chi connectivity index (χ0n) is 12.1. The summed E-state index contributed by atoms with van der Waals surface area (Å²) in [4.78, 5) is 11.8. The Morgan fingerprint density at radius 3 is 2.43 bits per heavy atom. The van der Waals surface area contributed by atoms with Crippen molar-refractivity contribution < 1.29 is 14.3 Å². The van der Waals surface area contributed by atoms with Crippen molar-refractivity contribution in [1.29, 1.82) is 0 Å². The predicted octanol–water partition coefficient (Wildman–Crippen LogP) is 3.03. The van der Waals surface area contributed by atoms with Crippen LogP contribution in [0.2, 0.25) is 0 Å². The molecule has 0 aliphatic rings.